The van der Waals surface area contributed by atoms with E-state index in [1.165, 1.54) is 6.07 Å². The highest BCUT2D eigenvalue weighted by Gasteiger charge is 2.23. The fourth-order valence-corrected chi connectivity index (χ4v) is 2.45. The van der Waals surface area contributed by atoms with Gasteiger partial charge in [0.15, 0.2) is 0 Å². The molecular formula is C13H17FN2O2. The topological polar surface area (TPSA) is 52.6 Å². The summed E-state index contributed by atoms with van der Waals surface area (Å²) >= 11 is 0. The van der Waals surface area contributed by atoms with Crippen LogP contribution in [0.3, 0.4) is 0 Å². The molecule has 1 saturated heterocycles. The Kier molecular flexibility index (Phi) is 3.69. The molecule has 5 heteroatoms. The number of amides is 1. The second-order valence-electron chi connectivity index (χ2n) is 4.62. The Bertz CT molecular complexity index is 422. The molecular weight excluding hydrogens is 235 g/mol. The quantitative estimate of drug-likeness (QED) is 0.849. The number of hydrogen-bond acceptors (Lipinski definition) is 2. The van der Waals surface area contributed by atoms with Crippen molar-refractivity contribution in [3.8, 4) is 0 Å². The maximum atomic E-state index is 13.8. The van der Waals surface area contributed by atoms with Crippen molar-refractivity contribution in [1.82, 2.24) is 5.32 Å². The smallest absolute Gasteiger partial charge is 0.404 e. The van der Waals surface area contributed by atoms with Gasteiger partial charge in [0.2, 0.25) is 0 Å². The summed E-state index contributed by atoms with van der Waals surface area (Å²) in [5.41, 5.74) is 1.56. The van der Waals surface area contributed by atoms with E-state index in [4.69, 9.17) is 5.11 Å². The molecule has 0 aromatic heterocycles. The van der Waals surface area contributed by atoms with Gasteiger partial charge in [-0.25, -0.2) is 9.18 Å². The summed E-state index contributed by atoms with van der Waals surface area (Å²) in [5, 5.41) is 11.1. The summed E-state index contributed by atoms with van der Waals surface area (Å²) in [5.74, 6) is -0.209. The maximum Gasteiger partial charge on any atom is 0.404 e. The summed E-state index contributed by atoms with van der Waals surface area (Å²) in [6, 6.07) is 5.03. The van der Waals surface area contributed by atoms with Crippen molar-refractivity contribution in [2.24, 2.45) is 0 Å². The number of aryl methyl sites for hydroxylation is 1. The summed E-state index contributed by atoms with van der Waals surface area (Å²) in [7, 11) is 0. The highest BCUT2D eigenvalue weighted by molar-refractivity contribution is 5.65. The molecule has 1 aromatic carbocycles. The van der Waals surface area contributed by atoms with Crippen LogP contribution in [0, 0.1) is 12.7 Å². The van der Waals surface area contributed by atoms with Gasteiger partial charge < -0.3 is 15.3 Å². The summed E-state index contributed by atoms with van der Waals surface area (Å²) < 4.78 is 13.8. The third-order valence-corrected chi connectivity index (χ3v) is 3.33. The first-order valence-electron chi connectivity index (χ1n) is 6.07. The number of hydrogen-bond donors (Lipinski definition) is 2. The van der Waals surface area contributed by atoms with Crippen LogP contribution in [0.15, 0.2) is 18.2 Å². The van der Waals surface area contributed by atoms with Crippen LogP contribution < -0.4 is 10.2 Å². The number of anilines is 1. The molecule has 0 saturated carbocycles. The largest absolute Gasteiger partial charge is 0.465 e. The maximum absolute atomic E-state index is 13.8. The highest BCUT2D eigenvalue weighted by Crippen LogP contribution is 2.26. The van der Waals surface area contributed by atoms with E-state index in [0.29, 0.717) is 31.6 Å². The van der Waals surface area contributed by atoms with E-state index in [2.05, 4.69) is 5.32 Å². The number of piperidine rings is 1. The molecule has 0 bridgehead atoms. The number of carboxylic acid groups (broad SMARTS) is 1. The number of para-hydroxylation sites is 1. The van der Waals surface area contributed by atoms with Gasteiger partial charge in [0.1, 0.15) is 5.82 Å². The van der Waals surface area contributed by atoms with Crippen molar-refractivity contribution >= 4 is 11.8 Å². The molecule has 0 spiro atoms. The van der Waals surface area contributed by atoms with Gasteiger partial charge in [-0.1, -0.05) is 12.1 Å². The second-order valence-corrected chi connectivity index (χ2v) is 4.62. The molecule has 1 fully saturated rings. The SMILES string of the molecule is Cc1cccc(F)c1N1CCC(NC(=O)O)CC1. The van der Waals surface area contributed by atoms with Gasteiger partial charge in [-0.2, -0.15) is 0 Å². The number of nitrogens with one attached hydrogen (secondary N) is 1. The zero-order valence-electron chi connectivity index (χ0n) is 10.3. The predicted molar refractivity (Wildman–Crippen MR) is 67.5 cm³/mol. The third-order valence-electron chi connectivity index (χ3n) is 3.33. The van der Waals surface area contributed by atoms with Crippen LogP contribution in [0.2, 0.25) is 0 Å². The predicted octanol–water partition coefficient (Wildman–Crippen LogP) is 2.37. The van der Waals surface area contributed by atoms with Crippen molar-refractivity contribution in [1.29, 1.82) is 0 Å². The zero-order chi connectivity index (χ0) is 13.1. The van der Waals surface area contributed by atoms with E-state index in [1.807, 2.05) is 17.9 Å². The van der Waals surface area contributed by atoms with Crippen LogP contribution in [0.1, 0.15) is 18.4 Å². The standard InChI is InChI=1S/C13H17FN2O2/c1-9-3-2-4-11(14)12(9)16-7-5-10(6-8-16)15-13(17)18/h2-4,10,15H,5-8H2,1H3,(H,17,18). The normalized spacial score (nSPS) is 16.7. The minimum Gasteiger partial charge on any atom is -0.465 e. The Morgan fingerprint density at radius 1 is 1.44 bits per heavy atom. The Hall–Kier alpha value is -1.78. The summed E-state index contributed by atoms with van der Waals surface area (Å²) in [4.78, 5) is 12.5. The number of benzene rings is 1. The molecule has 2 N–H and O–H groups in total. The number of carbonyl (C=O) groups is 1. The van der Waals surface area contributed by atoms with Crippen molar-refractivity contribution in [2.45, 2.75) is 25.8 Å². The lowest BCUT2D eigenvalue weighted by molar-refractivity contribution is 0.187. The van der Waals surface area contributed by atoms with Crippen molar-refractivity contribution in [3.63, 3.8) is 0 Å². The van der Waals surface area contributed by atoms with E-state index in [9.17, 15) is 9.18 Å². The molecule has 0 aliphatic carbocycles. The van der Waals surface area contributed by atoms with Crippen LogP contribution in [-0.2, 0) is 0 Å². The van der Waals surface area contributed by atoms with Gasteiger partial charge in [0.25, 0.3) is 0 Å². The molecule has 1 aliphatic heterocycles. The van der Waals surface area contributed by atoms with Gasteiger partial charge in [0, 0.05) is 19.1 Å². The third kappa shape index (κ3) is 2.72. The Morgan fingerprint density at radius 2 is 2.11 bits per heavy atom. The number of nitrogens with zero attached hydrogens (tertiary/aromatic N) is 1. The zero-order valence-corrected chi connectivity index (χ0v) is 10.3. The van der Waals surface area contributed by atoms with Crippen molar-refractivity contribution in [2.75, 3.05) is 18.0 Å². The molecule has 4 nitrogen and oxygen atoms in total. The Morgan fingerprint density at radius 3 is 2.67 bits per heavy atom. The highest BCUT2D eigenvalue weighted by atomic mass is 19.1. The van der Waals surface area contributed by atoms with Crippen LogP contribution in [0.25, 0.3) is 0 Å². The minimum atomic E-state index is -0.990. The summed E-state index contributed by atoms with van der Waals surface area (Å²) in [6.45, 7) is 3.24. The van der Waals surface area contributed by atoms with Gasteiger partial charge in [-0.3, -0.25) is 0 Å². The number of halogens is 1. The van der Waals surface area contributed by atoms with E-state index in [0.717, 1.165) is 5.56 Å². The van der Waals surface area contributed by atoms with E-state index < -0.39 is 6.09 Å². The lowest BCUT2D eigenvalue weighted by Crippen LogP contribution is -2.44. The van der Waals surface area contributed by atoms with Crippen LogP contribution in [-0.4, -0.2) is 30.3 Å². The molecule has 1 aliphatic rings. The Balaban J connectivity index is 2.03. The monoisotopic (exact) mass is 252 g/mol. The van der Waals surface area contributed by atoms with Gasteiger partial charge >= 0.3 is 6.09 Å². The lowest BCUT2D eigenvalue weighted by Gasteiger charge is -2.34. The van der Waals surface area contributed by atoms with Crippen LogP contribution in [0.5, 0.6) is 0 Å². The molecule has 0 atom stereocenters. The first-order chi connectivity index (χ1) is 8.58. The average Bonchev–Trinajstić information content (AvgIpc) is 2.30. The average molecular weight is 252 g/mol. The van der Waals surface area contributed by atoms with Gasteiger partial charge in [-0.05, 0) is 31.4 Å². The van der Waals surface area contributed by atoms with Crippen molar-refractivity contribution in [3.05, 3.63) is 29.6 Å². The molecule has 1 amide bonds. The lowest BCUT2D eigenvalue weighted by atomic mass is 10.0. The molecule has 0 unspecified atom stereocenters. The fraction of sp³-hybridized carbons (Fsp3) is 0.462. The first-order valence-corrected chi connectivity index (χ1v) is 6.07. The molecule has 98 valence electrons. The fourth-order valence-electron chi connectivity index (χ4n) is 2.45. The van der Waals surface area contributed by atoms with Gasteiger partial charge in [0.05, 0.1) is 5.69 Å². The molecule has 0 radical (unpaired) electrons. The molecule has 18 heavy (non-hydrogen) atoms. The molecule has 1 heterocycles. The van der Waals surface area contributed by atoms with E-state index in [-0.39, 0.29) is 11.9 Å². The Labute approximate surface area is 105 Å². The minimum absolute atomic E-state index is 0.0224. The number of rotatable bonds is 2. The second kappa shape index (κ2) is 5.25. The van der Waals surface area contributed by atoms with Gasteiger partial charge in [-0.15, -0.1) is 0 Å². The van der Waals surface area contributed by atoms with E-state index >= 15 is 0 Å². The van der Waals surface area contributed by atoms with Crippen LogP contribution >= 0.6 is 0 Å². The first kappa shape index (κ1) is 12.7. The van der Waals surface area contributed by atoms with E-state index in [1.54, 1.807) is 6.07 Å². The van der Waals surface area contributed by atoms with Crippen LogP contribution in [0.4, 0.5) is 14.9 Å². The molecule has 1 aromatic rings. The van der Waals surface area contributed by atoms with Crippen molar-refractivity contribution < 1.29 is 14.3 Å². The summed E-state index contributed by atoms with van der Waals surface area (Å²) in [6.07, 6.45) is 0.427. The molecule has 2 rings (SSSR count).